The van der Waals surface area contributed by atoms with Gasteiger partial charge < -0.3 is 20.2 Å². The number of amides is 1. The molecule has 3 N–H and O–H groups in total. The molecule has 3 rings (SSSR count). The van der Waals surface area contributed by atoms with E-state index in [4.69, 9.17) is 14.9 Å². The molecule has 1 amide bonds. The second-order valence-corrected chi connectivity index (χ2v) is 7.37. The molecule has 2 aromatic carbocycles. The first kappa shape index (κ1) is 18.5. The summed E-state index contributed by atoms with van der Waals surface area (Å²) < 4.78 is 12.7. The minimum Gasteiger partial charge on any atom is -0.494 e. The maximum absolute atomic E-state index is 12.6. The third kappa shape index (κ3) is 3.78. The maximum atomic E-state index is 12.6. The van der Waals surface area contributed by atoms with Gasteiger partial charge in [0.25, 0.3) is 5.91 Å². The Morgan fingerprint density at radius 2 is 1.88 bits per heavy atom. The number of carbonyl (C=O) groups excluding carboxylic acids is 1. The number of ether oxygens (including phenoxy) is 1. The molecule has 0 aliphatic heterocycles. The number of hydrogen-bond donors (Lipinski definition) is 2. The second-order valence-electron chi connectivity index (χ2n) is 5.66. The highest BCUT2D eigenvalue weighted by Crippen LogP contribution is 2.36. The average Bonchev–Trinajstić information content (AvgIpc) is 3.09. The van der Waals surface area contributed by atoms with Crippen molar-refractivity contribution in [2.45, 2.75) is 6.92 Å². The standard InChI is InChI=1S/C19H16Br2N2O3/c1-10-7-11(3-4-13(10)20)15-5-6-16(26-15)19(24)23-18-14(21)8-12(22)9-17(18)25-2/h3-9H,22H2,1-2H3,(H,23,24). The Hall–Kier alpha value is -2.25. The molecule has 5 nitrogen and oxygen atoms in total. The zero-order valence-corrected chi connectivity index (χ0v) is 17.3. The number of aryl methyl sites for hydroxylation is 1. The van der Waals surface area contributed by atoms with E-state index >= 15 is 0 Å². The Morgan fingerprint density at radius 3 is 2.58 bits per heavy atom. The number of carbonyl (C=O) groups is 1. The summed E-state index contributed by atoms with van der Waals surface area (Å²) >= 11 is 6.86. The van der Waals surface area contributed by atoms with Gasteiger partial charge in [0.15, 0.2) is 5.76 Å². The first-order valence-corrected chi connectivity index (χ1v) is 9.28. The third-order valence-corrected chi connectivity index (χ3v) is 5.32. The van der Waals surface area contributed by atoms with Crippen molar-refractivity contribution >= 4 is 49.1 Å². The molecule has 0 radical (unpaired) electrons. The van der Waals surface area contributed by atoms with Crippen LogP contribution in [0.3, 0.4) is 0 Å². The molecule has 0 saturated carbocycles. The van der Waals surface area contributed by atoms with Crippen LogP contribution in [-0.2, 0) is 0 Å². The highest BCUT2D eigenvalue weighted by Gasteiger charge is 2.17. The minimum absolute atomic E-state index is 0.200. The van der Waals surface area contributed by atoms with Crippen LogP contribution < -0.4 is 15.8 Å². The quantitative estimate of drug-likeness (QED) is 0.476. The lowest BCUT2D eigenvalue weighted by atomic mass is 10.1. The fourth-order valence-electron chi connectivity index (χ4n) is 2.47. The molecule has 0 atom stereocenters. The zero-order chi connectivity index (χ0) is 18.8. The van der Waals surface area contributed by atoms with Crippen LogP contribution in [0.1, 0.15) is 16.1 Å². The van der Waals surface area contributed by atoms with Gasteiger partial charge in [-0.25, -0.2) is 0 Å². The van der Waals surface area contributed by atoms with Crippen LogP contribution in [0.4, 0.5) is 11.4 Å². The Balaban J connectivity index is 1.86. The Bertz CT molecular complexity index is 983. The van der Waals surface area contributed by atoms with Gasteiger partial charge in [0.05, 0.1) is 12.8 Å². The largest absolute Gasteiger partial charge is 0.494 e. The number of hydrogen-bond acceptors (Lipinski definition) is 4. The molecule has 26 heavy (non-hydrogen) atoms. The number of nitrogen functional groups attached to an aromatic ring is 1. The lowest BCUT2D eigenvalue weighted by molar-refractivity contribution is 0.0997. The molecule has 0 unspecified atom stereocenters. The van der Waals surface area contributed by atoms with E-state index in [-0.39, 0.29) is 11.7 Å². The van der Waals surface area contributed by atoms with Crippen molar-refractivity contribution in [3.8, 4) is 17.1 Å². The van der Waals surface area contributed by atoms with Gasteiger partial charge in [-0.1, -0.05) is 22.0 Å². The predicted molar refractivity (Wildman–Crippen MR) is 110 cm³/mol. The summed E-state index contributed by atoms with van der Waals surface area (Å²) in [5.74, 6) is 0.898. The van der Waals surface area contributed by atoms with Crippen molar-refractivity contribution in [2.75, 3.05) is 18.2 Å². The van der Waals surface area contributed by atoms with Crippen LogP contribution in [0.5, 0.6) is 5.75 Å². The first-order valence-electron chi connectivity index (χ1n) is 7.69. The summed E-state index contributed by atoms with van der Waals surface area (Å²) in [5.41, 5.74) is 8.79. The van der Waals surface area contributed by atoms with Crippen LogP contribution in [0.25, 0.3) is 11.3 Å². The fraction of sp³-hybridized carbons (Fsp3) is 0.105. The molecular formula is C19H16Br2N2O3. The topological polar surface area (TPSA) is 77.5 Å². The number of anilines is 2. The van der Waals surface area contributed by atoms with E-state index in [0.717, 1.165) is 15.6 Å². The lowest BCUT2D eigenvalue weighted by Gasteiger charge is -2.12. The molecule has 0 saturated heterocycles. The Labute approximate surface area is 167 Å². The van der Waals surface area contributed by atoms with E-state index in [1.165, 1.54) is 7.11 Å². The van der Waals surface area contributed by atoms with E-state index in [0.29, 0.717) is 27.4 Å². The number of methoxy groups -OCH3 is 1. The van der Waals surface area contributed by atoms with Crippen molar-refractivity contribution in [2.24, 2.45) is 0 Å². The van der Waals surface area contributed by atoms with Crippen molar-refractivity contribution < 1.29 is 13.9 Å². The van der Waals surface area contributed by atoms with Gasteiger partial charge in [-0.05, 0) is 58.7 Å². The van der Waals surface area contributed by atoms with Gasteiger partial charge in [0.2, 0.25) is 0 Å². The van der Waals surface area contributed by atoms with Gasteiger partial charge in [0, 0.05) is 26.3 Å². The highest BCUT2D eigenvalue weighted by molar-refractivity contribution is 9.11. The van der Waals surface area contributed by atoms with Gasteiger partial charge in [-0.15, -0.1) is 0 Å². The SMILES string of the molecule is COc1cc(N)cc(Br)c1NC(=O)c1ccc(-c2ccc(Br)c(C)c2)o1. The van der Waals surface area contributed by atoms with Crippen molar-refractivity contribution in [3.05, 3.63) is 62.7 Å². The molecule has 0 bridgehead atoms. The van der Waals surface area contributed by atoms with E-state index in [1.807, 2.05) is 25.1 Å². The smallest absolute Gasteiger partial charge is 0.291 e. The summed E-state index contributed by atoms with van der Waals surface area (Å²) in [5, 5.41) is 2.79. The summed E-state index contributed by atoms with van der Waals surface area (Å²) in [6.45, 7) is 2.00. The van der Waals surface area contributed by atoms with Crippen LogP contribution in [0, 0.1) is 6.92 Å². The van der Waals surface area contributed by atoms with Crippen molar-refractivity contribution in [3.63, 3.8) is 0 Å². The minimum atomic E-state index is -0.381. The number of rotatable bonds is 4. The van der Waals surface area contributed by atoms with Gasteiger partial charge in [-0.2, -0.15) is 0 Å². The average molecular weight is 480 g/mol. The Morgan fingerprint density at radius 1 is 1.12 bits per heavy atom. The van der Waals surface area contributed by atoms with Gasteiger partial charge in [0.1, 0.15) is 11.5 Å². The number of nitrogens with one attached hydrogen (secondary N) is 1. The molecule has 0 aliphatic carbocycles. The number of nitrogens with two attached hydrogens (primary N) is 1. The van der Waals surface area contributed by atoms with Crippen molar-refractivity contribution in [1.29, 1.82) is 0 Å². The van der Waals surface area contributed by atoms with Crippen molar-refractivity contribution in [1.82, 2.24) is 0 Å². The van der Waals surface area contributed by atoms with Crippen LogP contribution in [-0.4, -0.2) is 13.0 Å². The molecule has 0 aliphatic rings. The molecule has 0 fully saturated rings. The van der Waals surface area contributed by atoms with E-state index in [2.05, 4.69) is 37.2 Å². The zero-order valence-electron chi connectivity index (χ0n) is 14.1. The lowest BCUT2D eigenvalue weighted by Crippen LogP contribution is -2.12. The number of halogens is 2. The van der Waals surface area contributed by atoms with Crippen LogP contribution in [0.15, 0.2) is 55.8 Å². The second kappa shape index (κ2) is 7.55. The number of benzene rings is 2. The first-order chi connectivity index (χ1) is 12.4. The molecule has 0 spiro atoms. The number of furan rings is 1. The maximum Gasteiger partial charge on any atom is 0.291 e. The monoisotopic (exact) mass is 478 g/mol. The molecule has 7 heteroatoms. The Kier molecular flexibility index (Phi) is 5.38. The molecule has 1 aromatic heterocycles. The molecular weight excluding hydrogens is 464 g/mol. The van der Waals surface area contributed by atoms with E-state index in [9.17, 15) is 4.79 Å². The van der Waals surface area contributed by atoms with Crippen LogP contribution in [0.2, 0.25) is 0 Å². The third-order valence-electron chi connectivity index (χ3n) is 3.81. The van der Waals surface area contributed by atoms with Gasteiger partial charge >= 0.3 is 0 Å². The summed E-state index contributed by atoms with van der Waals surface area (Å²) in [7, 11) is 1.51. The normalized spacial score (nSPS) is 10.6. The summed E-state index contributed by atoms with van der Waals surface area (Å²) in [6, 6.07) is 12.6. The molecule has 1 heterocycles. The van der Waals surface area contributed by atoms with Crippen LogP contribution >= 0.6 is 31.9 Å². The molecule has 134 valence electrons. The summed E-state index contributed by atoms with van der Waals surface area (Å²) in [6.07, 6.45) is 0. The summed E-state index contributed by atoms with van der Waals surface area (Å²) in [4.78, 5) is 12.6. The predicted octanol–water partition coefficient (Wildman–Crippen LogP) is 5.62. The van der Waals surface area contributed by atoms with E-state index in [1.54, 1.807) is 24.3 Å². The molecule has 3 aromatic rings. The van der Waals surface area contributed by atoms with E-state index < -0.39 is 0 Å². The fourth-order valence-corrected chi connectivity index (χ4v) is 3.28. The highest BCUT2D eigenvalue weighted by atomic mass is 79.9. The van der Waals surface area contributed by atoms with Gasteiger partial charge in [-0.3, -0.25) is 4.79 Å².